The number of carbonyl (C=O) groups is 1. The van der Waals surface area contributed by atoms with Gasteiger partial charge in [-0.3, -0.25) is 4.79 Å². The second-order valence-electron chi connectivity index (χ2n) is 4.78. The molecule has 1 aromatic rings. The summed E-state index contributed by atoms with van der Waals surface area (Å²) in [6.07, 6.45) is 2.49. The minimum atomic E-state index is -0.385. The van der Waals surface area contributed by atoms with Crippen molar-refractivity contribution in [3.8, 4) is 0 Å². The van der Waals surface area contributed by atoms with Crippen molar-refractivity contribution in [3.05, 3.63) is 29.3 Å². The lowest BCUT2D eigenvalue weighted by Gasteiger charge is -2.36. The average Bonchev–Trinajstić information content (AvgIpc) is 2.28. The fourth-order valence-electron chi connectivity index (χ4n) is 2.25. The van der Waals surface area contributed by atoms with Crippen LogP contribution >= 0.6 is 0 Å². The van der Waals surface area contributed by atoms with E-state index in [1.165, 1.54) is 0 Å². The number of primary amides is 1. The Morgan fingerprint density at radius 2 is 2.22 bits per heavy atom. The van der Waals surface area contributed by atoms with Gasteiger partial charge < -0.3 is 15.8 Å². The molecule has 1 fully saturated rings. The molecule has 0 bridgehead atoms. The zero-order chi connectivity index (χ0) is 13.1. The standard InChI is InChI=1S/C14H20N2O2/c1-3-18-12-7-11(8-12)16-13-5-4-10(14(15)17)6-9(13)2/h4-6,11-12,16H,3,7-8H2,1-2H3,(H2,15,17). The van der Waals surface area contributed by atoms with Crippen LogP contribution in [0.1, 0.15) is 35.7 Å². The van der Waals surface area contributed by atoms with E-state index in [2.05, 4.69) is 5.32 Å². The third-order valence-electron chi connectivity index (χ3n) is 3.37. The Labute approximate surface area is 108 Å². The van der Waals surface area contributed by atoms with Gasteiger partial charge in [-0.1, -0.05) is 0 Å². The molecule has 3 N–H and O–H groups in total. The monoisotopic (exact) mass is 248 g/mol. The minimum absolute atomic E-state index is 0.385. The third kappa shape index (κ3) is 2.82. The van der Waals surface area contributed by atoms with Crippen LogP contribution in [0.4, 0.5) is 5.69 Å². The summed E-state index contributed by atoms with van der Waals surface area (Å²) in [7, 11) is 0. The van der Waals surface area contributed by atoms with Crippen LogP contribution in [0, 0.1) is 6.92 Å². The number of rotatable bonds is 5. The van der Waals surface area contributed by atoms with Crippen molar-refractivity contribution in [2.45, 2.75) is 38.8 Å². The number of amides is 1. The summed E-state index contributed by atoms with van der Waals surface area (Å²) in [5.41, 5.74) is 7.92. The van der Waals surface area contributed by atoms with E-state index in [0.29, 0.717) is 17.7 Å². The summed E-state index contributed by atoms with van der Waals surface area (Å²) in [5.74, 6) is -0.385. The molecule has 0 atom stereocenters. The maximum Gasteiger partial charge on any atom is 0.248 e. The predicted molar refractivity (Wildman–Crippen MR) is 71.8 cm³/mol. The molecule has 0 saturated heterocycles. The van der Waals surface area contributed by atoms with E-state index in [4.69, 9.17) is 10.5 Å². The van der Waals surface area contributed by atoms with Crippen LogP contribution in [0.3, 0.4) is 0 Å². The fourth-order valence-corrected chi connectivity index (χ4v) is 2.25. The molecule has 0 aliphatic heterocycles. The number of nitrogens with two attached hydrogens (primary N) is 1. The van der Waals surface area contributed by atoms with Gasteiger partial charge in [-0.05, 0) is 50.5 Å². The number of nitrogens with one attached hydrogen (secondary N) is 1. The molecule has 1 aromatic carbocycles. The Bertz CT molecular complexity index is 439. The maximum atomic E-state index is 11.1. The van der Waals surface area contributed by atoms with Gasteiger partial charge in [0, 0.05) is 23.9 Å². The number of anilines is 1. The molecule has 1 aliphatic carbocycles. The molecule has 0 unspecified atom stereocenters. The summed E-state index contributed by atoms with van der Waals surface area (Å²) in [6, 6.07) is 5.98. The van der Waals surface area contributed by atoms with Crippen molar-refractivity contribution in [1.82, 2.24) is 0 Å². The highest BCUT2D eigenvalue weighted by Gasteiger charge is 2.29. The molecule has 2 rings (SSSR count). The molecular weight excluding hydrogens is 228 g/mol. The smallest absolute Gasteiger partial charge is 0.248 e. The van der Waals surface area contributed by atoms with Gasteiger partial charge in [0.1, 0.15) is 0 Å². The first-order chi connectivity index (χ1) is 8.60. The molecule has 4 heteroatoms. The first-order valence-corrected chi connectivity index (χ1v) is 6.38. The van der Waals surface area contributed by atoms with Crippen LogP contribution in [-0.4, -0.2) is 24.7 Å². The molecule has 1 amide bonds. The molecule has 1 saturated carbocycles. The Balaban J connectivity index is 1.93. The maximum absolute atomic E-state index is 11.1. The highest BCUT2D eigenvalue weighted by molar-refractivity contribution is 5.93. The summed E-state index contributed by atoms with van der Waals surface area (Å²) in [6.45, 7) is 4.78. The zero-order valence-corrected chi connectivity index (χ0v) is 10.9. The average molecular weight is 248 g/mol. The molecule has 98 valence electrons. The number of hydrogen-bond donors (Lipinski definition) is 2. The number of hydrogen-bond acceptors (Lipinski definition) is 3. The minimum Gasteiger partial charge on any atom is -0.382 e. The first kappa shape index (κ1) is 12.9. The molecule has 4 nitrogen and oxygen atoms in total. The highest BCUT2D eigenvalue weighted by atomic mass is 16.5. The van der Waals surface area contributed by atoms with Gasteiger partial charge in [-0.2, -0.15) is 0 Å². The van der Waals surface area contributed by atoms with Crippen LogP contribution in [0.15, 0.2) is 18.2 Å². The quantitative estimate of drug-likeness (QED) is 0.838. The van der Waals surface area contributed by atoms with Crippen molar-refractivity contribution in [1.29, 1.82) is 0 Å². The molecular formula is C14H20N2O2. The number of aryl methyl sites for hydroxylation is 1. The van der Waals surface area contributed by atoms with E-state index < -0.39 is 0 Å². The fraction of sp³-hybridized carbons (Fsp3) is 0.500. The highest BCUT2D eigenvalue weighted by Crippen LogP contribution is 2.28. The van der Waals surface area contributed by atoms with Gasteiger partial charge in [0.25, 0.3) is 0 Å². The van der Waals surface area contributed by atoms with Crippen molar-refractivity contribution < 1.29 is 9.53 Å². The normalized spacial score (nSPS) is 22.3. The lowest BCUT2D eigenvalue weighted by atomic mass is 9.88. The van der Waals surface area contributed by atoms with E-state index in [0.717, 1.165) is 30.7 Å². The van der Waals surface area contributed by atoms with Crippen molar-refractivity contribution in [2.75, 3.05) is 11.9 Å². The topological polar surface area (TPSA) is 64.3 Å². The van der Waals surface area contributed by atoms with Crippen LogP contribution in [0.5, 0.6) is 0 Å². The number of benzene rings is 1. The van der Waals surface area contributed by atoms with Gasteiger partial charge >= 0.3 is 0 Å². The predicted octanol–water partition coefficient (Wildman–Crippen LogP) is 2.07. The van der Waals surface area contributed by atoms with E-state index in [1.807, 2.05) is 26.0 Å². The summed E-state index contributed by atoms with van der Waals surface area (Å²) >= 11 is 0. The second-order valence-corrected chi connectivity index (χ2v) is 4.78. The molecule has 0 radical (unpaired) electrons. The third-order valence-corrected chi connectivity index (χ3v) is 3.37. The van der Waals surface area contributed by atoms with Gasteiger partial charge in [-0.15, -0.1) is 0 Å². The Morgan fingerprint density at radius 1 is 1.50 bits per heavy atom. The van der Waals surface area contributed by atoms with Gasteiger partial charge in [0.2, 0.25) is 5.91 Å². The van der Waals surface area contributed by atoms with Gasteiger partial charge in [-0.25, -0.2) is 0 Å². The summed E-state index contributed by atoms with van der Waals surface area (Å²) < 4.78 is 5.53. The first-order valence-electron chi connectivity index (χ1n) is 6.38. The zero-order valence-electron chi connectivity index (χ0n) is 10.9. The Hall–Kier alpha value is -1.55. The van der Waals surface area contributed by atoms with Crippen LogP contribution in [-0.2, 0) is 4.74 Å². The van der Waals surface area contributed by atoms with Gasteiger partial charge in [0.05, 0.1) is 6.10 Å². The molecule has 18 heavy (non-hydrogen) atoms. The van der Waals surface area contributed by atoms with E-state index in [1.54, 1.807) is 6.07 Å². The largest absolute Gasteiger partial charge is 0.382 e. The van der Waals surface area contributed by atoms with Crippen LogP contribution in [0.25, 0.3) is 0 Å². The van der Waals surface area contributed by atoms with E-state index in [-0.39, 0.29) is 5.91 Å². The van der Waals surface area contributed by atoms with E-state index in [9.17, 15) is 4.79 Å². The van der Waals surface area contributed by atoms with Crippen molar-refractivity contribution >= 4 is 11.6 Å². The molecule has 0 aromatic heterocycles. The van der Waals surface area contributed by atoms with Crippen LogP contribution in [0.2, 0.25) is 0 Å². The van der Waals surface area contributed by atoms with Gasteiger partial charge in [0.15, 0.2) is 0 Å². The molecule has 0 spiro atoms. The Kier molecular flexibility index (Phi) is 3.87. The molecule has 0 heterocycles. The number of ether oxygens (including phenoxy) is 1. The van der Waals surface area contributed by atoms with Crippen molar-refractivity contribution in [3.63, 3.8) is 0 Å². The Morgan fingerprint density at radius 3 is 2.78 bits per heavy atom. The van der Waals surface area contributed by atoms with Crippen LogP contribution < -0.4 is 11.1 Å². The second kappa shape index (κ2) is 5.40. The summed E-state index contributed by atoms with van der Waals surface area (Å²) in [5, 5.41) is 3.47. The molecule has 1 aliphatic rings. The SMILES string of the molecule is CCOC1CC(Nc2ccc(C(N)=O)cc2C)C1. The van der Waals surface area contributed by atoms with Crippen molar-refractivity contribution in [2.24, 2.45) is 5.73 Å². The lowest BCUT2D eigenvalue weighted by Crippen LogP contribution is -2.40. The number of carbonyl (C=O) groups excluding carboxylic acids is 1. The summed E-state index contributed by atoms with van der Waals surface area (Å²) in [4.78, 5) is 11.1. The lowest BCUT2D eigenvalue weighted by molar-refractivity contribution is 0.00298. The van der Waals surface area contributed by atoms with E-state index >= 15 is 0 Å².